The van der Waals surface area contributed by atoms with E-state index in [1.54, 1.807) is 0 Å². The summed E-state index contributed by atoms with van der Waals surface area (Å²) in [5.41, 5.74) is 9.13. The average molecular weight is 218 g/mol. The van der Waals surface area contributed by atoms with Crippen molar-refractivity contribution in [2.75, 3.05) is 5.73 Å². The van der Waals surface area contributed by atoms with Crippen molar-refractivity contribution in [2.24, 2.45) is 0 Å². The molecule has 1 aliphatic rings. The molecule has 0 radical (unpaired) electrons. The summed E-state index contributed by atoms with van der Waals surface area (Å²) in [5.74, 6) is 0.388. The molecule has 1 heterocycles. The number of carbonyl (C=O) groups is 1. The van der Waals surface area contributed by atoms with E-state index in [-0.39, 0.29) is 6.04 Å². The van der Waals surface area contributed by atoms with E-state index < -0.39 is 0 Å². The highest BCUT2D eigenvalue weighted by atomic mass is 16.1. The zero-order chi connectivity index (χ0) is 11.7. The van der Waals surface area contributed by atoms with Gasteiger partial charge in [0.1, 0.15) is 6.29 Å². The van der Waals surface area contributed by atoms with Crippen molar-refractivity contribution in [3.8, 4) is 0 Å². The monoisotopic (exact) mass is 218 g/mol. The van der Waals surface area contributed by atoms with Gasteiger partial charge in [-0.15, -0.1) is 0 Å². The molecule has 86 valence electrons. The lowest BCUT2D eigenvalue weighted by molar-refractivity contribution is -0.109. The fraction of sp³-hybridized carbons (Fsp3) is 0.462. The van der Waals surface area contributed by atoms with Crippen molar-refractivity contribution in [1.82, 2.24) is 5.32 Å². The first kappa shape index (κ1) is 11.1. The van der Waals surface area contributed by atoms with Crippen molar-refractivity contribution in [1.29, 1.82) is 0 Å². The van der Waals surface area contributed by atoms with Gasteiger partial charge >= 0.3 is 0 Å². The molecule has 2 rings (SSSR count). The molecule has 1 saturated heterocycles. The molecule has 0 amide bonds. The zero-order valence-electron chi connectivity index (χ0n) is 9.73. The Morgan fingerprint density at radius 2 is 2.25 bits per heavy atom. The molecule has 1 aromatic rings. The minimum Gasteiger partial charge on any atom is -0.399 e. The SMILES string of the molecule is Cc1ccc(N)cc1C1CC(C=O)NC1C. The molecule has 3 atom stereocenters. The highest BCUT2D eigenvalue weighted by molar-refractivity contribution is 5.59. The Balaban J connectivity index is 2.30. The lowest BCUT2D eigenvalue weighted by Gasteiger charge is -2.18. The van der Waals surface area contributed by atoms with Gasteiger partial charge in [-0.05, 0) is 43.5 Å². The van der Waals surface area contributed by atoms with Crippen LogP contribution in [0.2, 0.25) is 0 Å². The molecule has 1 aliphatic heterocycles. The third kappa shape index (κ3) is 1.95. The van der Waals surface area contributed by atoms with Crippen LogP contribution in [-0.2, 0) is 4.79 Å². The van der Waals surface area contributed by atoms with Crippen molar-refractivity contribution in [2.45, 2.75) is 38.3 Å². The number of hydrogen-bond acceptors (Lipinski definition) is 3. The normalized spacial score (nSPS) is 29.2. The van der Waals surface area contributed by atoms with Crippen LogP contribution in [0.25, 0.3) is 0 Å². The van der Waals surface area contributed by atoms with Crippen LogP contribution in [0.15, 0.2) is 18.2 Å². The molecular formula is C13H18N2O. The fourth-order valence-corrected chi connectivity index (χ4v) is 2.55. The summed E-state index contributed by atoms with van der Waals surface area (Å²) in [4.78, 5) is 10.8. The maximum atomic E-state index is 10.8. The summed E-state index contributed by atoms with van der Waals surface area (Å²) < 4.78 is 0. The molecule has 3 N–H and O–H groups in total. The number of aldehydes is 1. The van der Waals surface area contributed by atoms with E-state index in [1.165, 1.54) is 11.1 Å². The van der Waals surface area contributed by atoms with Gasteiger partial charge in [-0.2, -0.15) is 0 Å². The van der Waals surface area contributed by atoms with Crippen molar-refractivity contribution in [3.63, 3.8) is 0 Å². The standard InChI is InChI=1S/C13H18N2O/c1-8-3-4-10(14)5-12(8)13-6-11(7-16)15-9(13)2/h3-5,7,9,11,13,15H,6,14H2,1-2H3. The number of nitrogens with one attached hydrogen (secondary N) is 1. The average Bonchev–Trinajstić information content (AvgIpc) is 2.63. The third-order valence-corrected chi connectivity index (χ3v) is 3.46. The molecule has 16 heavy (non-hydrogen) atoms. The Morgan fingerprint density at radius 3 is 2.88 bits per heavy atom. The smallest absolute Gasteiger partial charge is 0.136 e. The van der Waals surface area contributed by atoms with Crippen molar-refractivity contribution in [3.05, 3.63) is 29.3 Å². The van der Waals surface area contributed by atoms with E-state index in [0.29, 0.717) is 12.0 Å². The molecule has 1 aromatic carbocycles. The molecule has 0 aliphatic carbocycles. The van der Waals surface area contributed by atoms with Gasteiger partial charge in [-0.25, -0.2) is 0 Å². The molecule has 0 saturated carbocycles. The topological polar surface area (TPSA) is 55.1 Å². The van der Waals surface area contributed by atoms with E-state index in [2.05, 4.69) is 19.2 Å². The number of nitrogen functional groups attached to an aromatic ring is 1. The first-order valence-corrected chi connectivity index (χ1v) is 5.69. The highest BCUT2D eigenvalue weighted by Gasteiger charge is 2.32. The summed E-state index contributed by atoms with van der Waals surface area (Å²) in [6, 6.07) is 6.32. The van der Waals surface area contributed by atoms with Gasteiger partial charge in [0, 0.05) is 17.6 Å². The van der Waals surface area contributed by atoms with Gasteiger partial charge in [0.15, 0.2) is 0 Å². The fourth-order valence-electron chi connectivity index (χ4n) is 2.55. The Kier molecular flexibility index (Phi) is 2.97. The second-order valence-corrected chi connectivity index (χ2v) is 4.66. The number of rotatable bonds is 2. The van der Waals surface area contributed by atoms with Crippen LogP contribution in [0.5, 0.6) is 0 Å². The highest BCUT2D eigenvalue weighted by Crippen LogP contribution is 2.33. The van der Waals surface area contributed by atoms with E-state index in [4.69, 9.17) is 5.73 Å². The van der Waals surface area contributed by atoms with Crippen molar-refractivity contribution >= 4 is 12.0 Å². The Labute approximate surface area is 96.0 Å². The summed E-state index contributed by atoms with van der Waals surface area (Å²) in [6.07, 6.45) is 1.87. The summed E-state index contributed by atoms with van der Waals surface area (Å²) >= 11 is 0. The van der Waals surface area contributed by atoms with Gasteiger partial charge < -0.3 is 15.8 Å². The lowest BCUT2D eigenvalue weighted by Crippen LogP contribution is -2.29. The molecule has 3 unspecified atom stereocenters. The molecular weight excluding hydrogens is 200 g/mol. The van der Waals surface area contributed by atoms with E-state index in [1.807, 2.05) is 18.2 Å². The molecule has 0 spiro atoms. The van der Waals surface area contributed by atoms with E-state index in [9.17, 15) is 4.79 Å². The number of aryl methyl sites for hydroxylation is 1. The Morgan fingerprint density at radius 1 is 1.50 bits per heavy atom. The first-order valence-electron chi connectivity index (χ1n) is 5.69. The van der Waals surface area contributed by atoms with Crippen LogP contribution in [0.4, 0.5) is 5.69 Å². The summed E-state index contributed by atoms with van der Waals surface area (Å²) in [5, 5.41) is 3.29. The molecule has 0 aromatic heterocycles. The minimum absolute atomic E-state index is 0.0131. The predicted octanol–water partition coefficient (Wildman–Crippen LogP) is 1.61. The number of carbonyl (C=O) groups excluding carboxylic acids is 1. The second kappa shape index (κ2) is 4.26. The van der Waals surface area contributed by atoms with Crippen LogP contribution >= 0.6 is 0 Å². The molecule has 3 heteroatoms. The quantitative estimate of drug-likeness (QED) is 0.585. The van der Waals surface area contributed by atoms with Gasteiger partial charge in [0.25, 0.3) is 0 Å². The van der Waals surface area contributed by atoms with Gasteiger partial charge in [0.2, 0.25) is 0 Å². The minimum atomic E-state index is -0.0131. The number of benzene rings is 1. The number of anilines is 1. The van der Waals surface area contributed by atoms with Crippen LogP contribution in [0.1, 0.15) is 30.4 Å². The first-order chi connectivity index (χ1) is 7.61. The Hall–Kier alpha value is -1.35. The van der Waals surface area contributed by atoms with E-state index in [0.717, 1.165) is 18.4 Å². The number of nitrogens with two attached hydrogens (primary N) is 1. The van der Waals surface area contributed by atoms with Gasteiger partial charge in [-0.3, -0.25) is 0 Å². The molecule has 0 bridgehead atoms. The van der Waals surface area contributed by atoms with Crippen LogP contribution < -0.4 is 11.1 Å². The predicted molar refractivity (Wildman–Crippen MR) is 65.4 cm³/mol. The lowest BCUT2D eigenvalue weighted by atomic mass is 9.88. The van der Waals surface area contributed by atoms with Crippen LogP contribution in [0, 0.1) is 6.92 Å². The van der Waals surface area contributed by atoms with Crippen molar-refractivity contribution < 1.29 is 4.79 Å². The maximum absolute atomic E-state index is 10.8. The van der Waals surface area contributed by atoms with Crippen LogP contribution in [-0.4, -0.2) is 18.4 Å². The second-order valence-electron chi connectivity index (χ2n) is 4.66. The van der Waals surface area contributed by atoms with Crippen LogP contribution in [0.3, 0.4) is 0 Å². The zero-order valence-corrected chi connectivity index (χ0v) is 9.73. The molecule has 1 fully saturated rings. The van der Waals surface area contributed by atoms with Gasteiger partial charge in [0.05, 0.1) is 6.04 Å². The Bertz CT molecular complexity index is 403. The van der Waals surface area contributed by atoms with Gasteiger partial charge in [-0.1, -0.05) is 6.07 Å². The number of hydrogen-bond donors (Lipinski definition) is 2. The summed E-state index contributed by atoms with van der Waals surface area (Å²) in [6.45, 7) is 4.21. The maximum Gasteiger partial charge on any atom is 0.136 e. The summed E-state index contributed by atoms with van der Waals surface area (Å²) in [7, 11) is 0. The largest absolute Gasteiger partial charge is 0.399 e. The molecule has 3 nitrogen and oxygen atoms in total. The van der Waals surface area contributed by atoms with E-state index >= 15 is 0 Å². The third-order valence-electron chi connectivity index (χ3n) is 3.46.